The molecule has 2 fully saturated rings. The average Bonchev–Trinajstić information content (AvgIpc) is 2.56. The molecule has 0 aromatic carbocycles. The molecule has 1 amide bonds. The fourth-order valence-electron chi connectivity index (χ4n) is 2.77. The van der Waals surface area contributed by atoms with Crippen molar-refractivity contribution in [2.75, 3.05) is 69.7 Å². The van der Waals surface area contributed by atoms with Gasteiger partial charge in [-0.2, -0.15) is 0 Å². The molecular formula is C14H22N6O2. The predicted molar refractivity (Wildman–Crippen MR) is 82.5 cm³/mol. The molecule has 0 saturated carbocycles. The van der Waals surface area contributed by atoms with Gasteiger partial charge in [0.05, 0.1) is 19.8 Å². The summed E-state index contributed by atoms with van der Waals surface area (Å²) in [6, 6.07) is 1.77. The Hall–Kier alpha value is -1.93. The Bertz CT molecular complexity index is 512. The van der Waals surface area contributed by atoms with E-state index in [-0.39, 0.29) is 5.91 Å². The van der Waals surface area contributed by atoms with Crippen molar-refractivity contribution in [3.05, 3.63) is 12.4 Å². The lowest BCUT2D eigenvalue weighted by Crippen LogP contribution is -2.52. The minimum absolute atomic E-state index is 0.198. The molecule has 0 bridgehead atoms. The van der Waals surface area contributed by atoms with E-state index in [0.717, 1.165) is 45.2 Å². The number of aromatic nitrogens is 2. The van der Waals surface area contributed by atoms with E-state index >= 15 is 0 Å². The van der Waals surface area contributed by atoms with Gasteiger partial charge in [-0.25, -0.2) is 9.97 Å². The van der Waals surface area contributed by atoms with Crippen molar-refractivity contribution >= 4 is 17.5 Å². The van der Waals surface area contributed by atoms with Crippen molar-refractivity contribution in [2.45, 2.75) is 0 Å². The van der Waals surface area contributed by atoms with Crippen molar-refractivity contribution in [2.24, 2.45) is 0 Å². The SMILES string of the molecule is Nc1cc(N2CCN(C(=O)CN3CCOCC3)CC2)ncn1. The Labute approximate surface area is 129 Å². The van der Waals surface area contributed by atoms with Crippen LogP contribution in [0.3, 0.4) is 0 Å². The highest BCUT2D eigenvalue weighted by Crippen LogP contribution is 2.14. The van der Waals surface area contributed by atoms with E-state index in [1.54, 1.807) is 6.07 Å². The zero-order chi connectivity index (χ0) is 15.4. The molecule has 3 rings (SSSR count). The van der Waals surface area contributed by atoms with Gasteiger partial charge in [-0.15, -0.1) is 0 Å². The molecule has 120 valence electrons. The molecule has 3 heterocycles. The third-order valence-electron chi connectivity index (χ3n) is 4.09. The number of hydrogen-bond acceptors (Lipinski definition) is 7. The van der Waals surface area contributed by atoms with Crippen molar-refractivity contribution in [3.8, 4) is 0 Å². The molecule has 1 aromatic heterocycles. The molecule has 2 aliphatic heterocycles. The summed E-state index contributed by atoms with van der Waals surface area (Å²) in [5.74, 6) is 1.49. The first kappa shape index (κ1) is 15.0. The van der Waals surface area contributed by atoms with E-state index in [0.29, 0.717) is 25.5 Å². The van der Waals surface area contributed by atoms with Gasteiger partial charge in [-0.3, -0.25) is 9.69 Å². The number of hydrogen-bond donors (Lipinski definition) is 1. The summed E-state index contributed by atoms with van der Waals surface area (Å²) in [6.45, 7) is 6.57. The molecular weight excluding hydrogens is 284 g/mol. The first-order chi connectivity index (χ1) is 10.7. The van der Waals surface area contributed by atoms with Gasteiger partial charge >= 0.3 is 0 Å². The first-order valence-electron chi connectivity index (χ1n) is 7.63. The maximum absolute atomic E-state index is 12.3. The molecule has 2 aliphatic rings. The number of anilines is 2. The van der Waals surface area contributed by atoms with Crippen LogP contribution in [0.1, 0.15) is 0 Å². The Morgan fingerprint density at radius 3 is 2.55 bits per heavy atom. The van der Waals surface area contributed by atoms with Gasteiger partial charge in [0.15, 0.2) is 0 Å². The van der Waals surface area contributed by atoms with Crippen molar-refractivity contribution in [1.29, 1.82) is 0 Å². The average molecular weight is 306 g/mol. The standard InChI is InChI=1S/C14H22N6O2/c15-12-9-13(17-11-16-12)19-1-3-20(4-2-19)14(21)10-18-5-7-22-8-6-18/h9,11H,1-8,10H2,(H2,15,16,17). The molecule has 0 spiro atoms. The van der Waals surface area contributed by atoms with Crippen molar-refractivity contribution < 1.29 is 9.53 Å². The number of nitrogens with zero attached hydrogens (tertiary/aromatic N) is 5. The van der Waals surface area contributed by atoms with E-state index in [9.17, 15) is 4.79 Å². The minimum Gasteiger partial charge on any atom is -0.384 e. The monoisotopic (exact) mass is 306 g/mol. The summed E-state index contributed by atoms with van der Waals surface area (Å²) < 4.78 is 5.30. The van der Waals surface area contributed by atoms with Crippen molar-refractivity contribution in [1.82, 2.24) is 19.8 Å². The van der Waals surface area contributed by atoms with Crippen LogP contribution in [0.4, 0.5) is 11.6 Å². The summed E-state index contributed by atoms with van der Waals surface area (Å²) in [4.78, 5) is 26.7. The number of piperazine rings is 1. The van der Waals surface area contributed by atoms with Gasteiger partial charge in [-0.05, 0) is 0 Å². The van der Waals surface area contributed by atoms with Gasteiger partial charge in [-0.1, -0.05) is 0 Å². The summed E-state index contributed by atoms with van der Waals surface area (Å²) >= 11 is 0. The maximum atomic E-state index is 12.3. The van der Waals surface area contributed by atoms with Gasteiger partial charge in [0.1, 0.15) is 18.0 Å². The number of amides is 1. The number of morpholine rings is 1. The molecule has 0 aliphatic carbocycles. The third kappa shape index (κ3) is 3.63. The maximum Gasteiger partial charge on any atom is 0.236 e. The quantitative estimate of drug-likeness (QED) is 0.769. The van der Waals surface area contributed by atoms with Crippen LogP contribution >= 0.6 is 0 Å². The van der Waals surface area contributed by atoms with E-state index in [1.807, 2.05) is 4.90 Å². The smallest absolute Gasteiger partial charge is 0.236 e. The van der Waals surface area contributed by atoms with Crippen LogP contribution in [0, 0.1) is 0 Å². The molecule has 0 unspecified atom stereocenters. The highest BCUT2D eigenvalue weighted by Gasteiger charge is 2.24. The highest BCUT2D eigenvalue weighted by molar-refractivity contribution is 5.78. The summed E-state index contributed by atoms with van der Waals surface area (Å²) in [5.41, 5.74) is 5.69. The highest BCUT2D eigenvalue weighted by atomic mass is 16.5. The molecule has 8 heteroatoms. The van der Waals surface area contributed by atoms with Crippen LogP contribution in [-0.2, 0) is 9.53 Å². The van der Waals surface area contributed by atoms with E-state index in [1.165, 1.54) is 6.33 Å². The molecule has 8 nitrogen and oxygen atoms in total. The lowest BCUT2D eigenvalue weighted by Gasteiger charge is -2.36. The van der Waals surface area contributed by atoms with Crippen LogP contribution in [0.5, 0.6) is 0 Å². The molecule has 0 radical (unpaired) electrons. The zero-order valence-electron chi connectivity index (χ0n) is 12.6. The van der Waals surface area contributed by atoms with Crippen LogP contribution in [0.25, 0.3) is 0 Å². The number of carbonyl (C=O) groups is 1. The van der Waals surface area contributed by atoms with Crippen LogP contribution in [-0.4, -0.2) is 84.7 Å². The summed E-state index contributed by atoms with van der Waals surface area (Å²) in [5, 5.41) is 0. The van der Waals surface area contributed by atoms with E-state index < -0.39 is 0 Å². The summed E-state index contributed by atoms with van der Waals surface area (Å²) in [7, 11) is 0. The van der Waals surface area contributed by atoms with Crippen LogP contribution in [0.2, 0.25) is 0 Å². The second kappa shape index (κ2) is 6.89. The molecule has 0 atom stereocenters. The lowest BCUT2D eigenvalue weighted by molar-refractivity contribution is -0.133. The second-order valence-electron chi connectivity index (χ2n) is 5.56. The fourth-order valence-corrected chi connectivity index (χ4v) is 2.77. The van der Waals surface area contributed by atoms with Crippen LogP contribution < -0.4 is 10.6 Å². The van der Waals surface area contributed by atoms with E-state index in [4.69, 9.17) is 10.5 Å². The largest absolute Gasteiger partial charge is 0.384 e. The molecule has 2 N–H and O–H groups in total. The van der Waals surface area contributed by atoms with Gasteiger partial charge in [0.2, 0.25) is 5.91 Å². The number of nitrogens with two attached hydrogens (primary N) is 1. The molecule has 2 saturated heterocycles. The molecule has 22 heavy (non-hydrogen) atoms. The van der Waals surface area contributed by atoms with Gasteiger partial charge in [0.25, 0.3) is 0 Å². The second-order valence-corrected chi connectivity index (χ2v) is 5.56. The number of nitrogen functional groups attached to an aromatic ring is 1. The van der Waals surface area contributed by atoms with E-state index in [2.05, 4.69) is 19.8 Å². The van der Waals surface area contributed by atoms with Gasteiger partial charge in [0, 0.05) is 45.3 Å². The fraction of sp³-hybridized carbons (Fsp3) is 0.643. The molecule has 1 aromatic rings. The Kier molecular flexibility index (Phi) is 4.69. The predicted octanol–water partition coefficient (Wildman–Crippen LogP) is -0.960. The number of rotatable bonds is 3. The summed E-state index contributed by atoms with van der Waals surface area (Å²) in [6.07, 6.45) is 1.47. The topological polar surface area (TPSA) is 87.8 Å². The van der Waals surface area contributed by atoms with Crippen LogP contribution in [0.15, 0.2) is 12.4 Å². The Morgan fingerprint density at radius 1 is 1.14 bits per heavy atom. The minimum atomic E-state index is 0.198. The normalized spacial score (nSPS) is 20.2. The van der Waals surface area contributed by atoms with Gasteiger partial charge < -0.3 is 20.3 Å². The lowest BCUT2D eigenvalue weighted by atomic mass is 10.3. The third-order valence-corrected chi connectivity index (χ3v) is 4.09. The van der Waals surface area contributed by atoms with Crippen molar-refractivity contribution in [3.63, 3.8) is 0 Å². The first-order valence-corrected chi connectivity index (χ1v) is 7.63. The Morgan fingerprint density at radius 2 is 1.86 bits per heavy atom. The Balaban J connectivity index is 1.49. The number of carbonyl (C=O) groups excluding carboxylic acids is 1. The number of ether oxygens (including phenoxy) is 1. The zero-order valence-corrected chi connectivity index (χ0v) is 12.6.